The van der Waals surface area contributed by atoms with Gasteiger partial charge in [0.25, 0.3) is 5.91 Å². The van der Waals surface area contributed by atoms with Gasteiger partial charge in [-0.3, -0.25) is 9.69 Å². The predicted molar refractivity (Wildman–Crippen MR) is 158 cm³/mol. The molecule has 1 unspecified atom stereocenters. The van der Waals surface area contributed by atoms with Crippen LogP contribution in [0.1, 0.15) is 22.3 Å². The molecule has 1 aromatic heterocycles. The maximum atomic E-state index is 12.7. The number of aromatic nitrogens is 2. The molecule has 2 heterocycles. The summed E-state index contributed by atoms with van der Waals surface area (Å²) < 4.78 is 0. The van der Waals surface area contributed by atoms with Gasteiger partial charge in [-0.25, -0.2) is 9.97 Å². The van der Waals surface area contributed by atoms with Crippen LogP contribution in [0.3, 0.4) is 0 Å². The highest BCUT2D eigenvalue weighted by atomic mass is 35.5. The molecule has 0 spiro atoms. The Kier molecular flexibility index (Phi) is 7.29. The van der Waals surface area contributed by atoms with Gasteiger partial charge >= 0.3 is 0 Å². The molecular formula is C32H26Cl2N4O. The lowest BCUT2D eigenvalue weighted by Gasteiger charge is -2.17. The lowest BCUT2D eigenvalue weighted by molar-refractivity contribution is 0.0937. The molecule has 7 heteroatoms. The summed E-state index contributed by atoms with van der Waals surface area (Å²) >= 11 is 12.1. The first-order valence-electron chi connectivity index (χ1n) is 12.9. The third-order valence-corrected chi connectivity index (χ3v) is 7.78. The van der Waals surface area contributed by atoms with E-state index in [1.54, 1.807) is 18.2 Å². The van der Waals surface area contributed by atoms with Crippen LogP contribution in [0.4, 0.5) is 0 Å². The van der Waals surface area contributed by atoms with Gasteiger partial charge < -0.3 is 5.32 Å². The first-order chi connectivity index (χ1) is 19.0. The zero-order valence-corrected chi connectivity index (χ0v) is 22.7. The SMILES string of the molecule is O=C(NC1CCN(Cc2ccc(-c3nc4ccccc4nc3-c3ccccc3)cc2)C1)c1ccc(Cl)c(Cl)c1. The quantitative estimate of drug-likeness (QED) is 0.240. The first-order valence-corrected chi connectivity index (χ1v) is 13.7. The summed E-state index contributed by atoms with van der Waals surface area (Å²) in [6.45, 7) is 2.53. The molecule has 1 aliphatic rings. The summed E-state index contributed by atoms with van der Waals surface area (Å²) in [5, 5.41) is 3.95. The summed E-state index contributed by atoms with van der Waals surface area (Å²) in [6, 6.07) is 31.8. The number of amides is 1. The van der Waals surface area contributed by atoms with Gasteiger partial charge in [-0.15, -0.1) is 0 Å². The zero-order chi connectivity index (χ0) is 26.8. The molecule has 0 aliphatic carbocycles. The van der Waals surface area contributed by atoms with Crippen molar-refractivity contribution in [3.63, 3.8) is 0 Å². The number of nitrogens with one attached hydrogen (secondary N) is 1. The average molecular weight is 553 g/mol. The van der Waals surface area contributed by atoms with E-state index in [4.69, 9.17) is 33.2 Å². The molecule has 6 rings (SSSR count). The number of fused-ring (bicyclic) bond motifs is 1. The normalized spacial score (nSPS) is 15.5. The summed E-state index contributed by atoms with van der Waals surface area (Å²) in [7, 11) is 0. The second-order valence-corrected chi connectivity index (χ2v) is 10.6. The number of hydrogen-bond donors (Lipinski definition) is 1. The molecule has 1 atom stereocenters. The molecular weight excluding hydrogens is 527 g/mol. The van der Waals surface area contributed by atoms with Crippen molar-refractivity contribution in [1.29, 1.82) is 0 Å². The summed E-state index contributed by atoms with van der Waals surface area (Å²) in [5.74, 6) is -0.129. The smallest absolute Gasteiger partial charge is 0.251 e. The standard InChI is InChI=1S/C32H26Cl2N4O/c33-26-15-14-24(18-27(26)34)32(39)35-25-16-17-38(20-25)19-21-10-12-23(13-11-21)31-30(22-6-2-1-3-7-22)36-28-8-4-5-9-29(28)37-31/h1-15,18,25H,16-17,19-20H2,(H,35,39). The van der Waals surface area contributed by atoms with Crippen LogP contribution in [0, 0.1) is 0 Å². The van der Waals surface area contributed by atoms with Gasteiger partial charge in [-0.1, -0.05) is 89.9 Å². The number of halogens is 2. The fourth-order valence-corrected chi connectivity index (χ4v) is 5.32. The van der Waals surface area contributed by atoms with E-state index in [9.17, 15) is 4.79 Å². The van der Waals surface area contributed by atoms with Crippen LogP contribution in [0.2, 0.25) is 10.0 Å². The van der Waals surface area contributed by atoms with Gasteiger partial charge in [0.15, 0.2) is 0 Å². The van der Waals surface area contributed by atoms with Crippen LogP contribution in [-0.2, 0) is 6.54 Å². The van der Waals surface area contributed by atoms with Crippen molar-refractivity contribution in [1.82, 2.24) is 20.2 Å². The van der Waals surface area contributed by atoms with Crippen molar-refractivity contribution in [2.75, 3.05) is 13.1 Å². The predicted octanol–water partition coefficient (Wildman–Crippen LogP) is 7.27. The highest BCUT2D eigenvalue weighted by molar-refractivity contribution is 6.42. The van der Waals surface area contributed by atoms with Crippen molar-refractivity contribution in [2.24, 2.45) is 0 Å². The molecule has 5 nitrogen and oxygen atoms in total. The lowest BCUT2D eigenvalue weighted by Crippen LogP contribution is -2.37. The monoisotopic (exact) mass is 552 g/mol. The van der Waals surface area contributed by atoms with Gasteiger partial charge in [0.1, 0.15) is 0 Å². The third kappa shape index (κ3) is 5.66. The Bertz CT molecular complexity index is 1640. The maximum absolute atomic E-state index is 12.7. The number of carbonyl (C=O) groups excluding carboxylic acids is 1. The van der Waals surface area contributed by atoms with E-state index in [2.05, 4.69) is 46.6 Å². The molecule has 0 bridgehead atoms. The Morgan fingerprint density at radius 3 is 2.10 bits per heavy atom. The summed E-state index contributed by atoms with van der Waals surface area (Å²) in [4.78, 5) is 25.0. The van der Waals surface area contributed by atoms with Gasteiger partial charge in [0.05, 0.1) is 32.5 Å². The second kappa shape index (κ2) is 11.1. The van der Waals surface area contributed by atoms with Gasteiger partial charge in [0, 0.05) is 42.4 Å². The van der Waals surface area contributed by atoms with Crippen LogP contribution in [0.15, 0.2) is 97.1 Å². The van der Waals surface area contributed by atoms with Crippen LogP contribution in [0.25, 0.3) is 33.5 Å². The second-order valence-electron chi connectivity index (χ2n) is 9.80. The fraction of sp³-hybridized carbons (Fsp3) is 0.156. The minimum absolute atomic E-state index is 0.0903. The maximum Gasteiger partial charge on any atom is 0.251 e. The number of carbonyl (C=O) groups is 1. The van der Waals surface area contributed by atoms with Crippen LogP contribution < -0.4 is 5.32 Å². The van der Waals surface area contributed by atoms with Crippen molar-refractivity contribution in [3.05, 3.63) is 118 Å². The Hall–Kier alpha value is -3.77. The van der Waals surface area contributed by atoms with Crippen molar-refractivity contribution in [2.45, 2.75) is 19.0 Å². The molecule has 1 aliphatic heterocycles. The topological polar surface area (TPSA) is 58.1 Å². The van der Waals surface area contributed by atoms with Crippen molar-refractivity contribution < 1.29 is 4.79 Å². The Morgan fingerprint density at radius 1 is 0.795 bits per heavy atom. The number of hydrogen-bond acceptors (Lipinski definition) is 4. The Morgan fingerprint density at radius 2 is 1.44 bits per heavy atom. The average Bonchev–Trinajstić information content (AvgIpc) is 3.41. The van der Waals surface area contributed by atoms with Crippen molar-refractivity contribution in [3.8, 4) is 22.5 Å². The molecule has 1 N–H and O–H groups in total. The van der Waals surface area contributed by atoms with E-state index in [-0.39, 0.29) is 11.9 Å². The number of para-hydroxylation sites is 2. The molecule has 4 aromatic carbocycles. The van der Waals surface area contributed by atoms with E-state index in [0.717, 1.165) is 59.6 Å². The summed E-state index contributed by atoms with van der Waals surface area (Å²) in [6.07, 6.45) is 0.901. The van der Waals surface area contributed by atoms with E-state index in [1.165, 1.54) is 5.56 Å². The van der Waals surface area contributed by atoms with E-state index < -0.39 is 0 Å². The highest BCUT2D eigenvalue weighted by Gasteiger charge is 2.24. The molecule has 194 valence electrons. The lowest BCUT2D eigenvalue weighted by atomic mass is 10.0. The zero-order valence-electron chi connectivity index (χ0n) is 21.1. The van der Waals surface area contributed by atoms with Crippen LogP contribution >= 0.6 is 23.2 Å². The fourth-order valence-electron chi connectivity index (χ4n) is 5.03. The van der Waals surface area contributed by atoms with E-state index in [1.807, 2.05) is 42.5 Å². The summed E-state index contributed by atoms with van der Waals surface area (Å²) in [5.41, 5.74) is 7.31. The van der Waals surface area contributed by atoms with Gasteiger partial charge in [-0.05, 0) is 42.3 Å². The Labute approximate surface area is 237 Å². The molecule has 39 heavy (non-hydrogen) atoms. The molecule has 1 fully saturated rings. The minimum atomic E-state index is -0.129. The number of benzene rings is 4. The van der Waals surface area contributed by atoms with E-state index >= 15 is 0 Å². The number of rotatable bonds is 6. The van der Waals surface area contributed by atoms with Gasteiger partial charge in [-0.2, -0.15) is 0 Å². The molecule has 0 radical (unpaired) electrons. The molecule has 1 amide bonds. The van der Waals surface area contributed by atoms with Crippen LogP contribution in [0.5, 0.6) is 0 Å². The molecule has 5 aromatic rings. The van der Waals surface area contributed by atoms with E-state index in [0.29, 0.717) is 15.6 Å². The first kappa shape index (κ1) is 25.5. The number of nitrogens with zero attached hydrogens (tertiary/aromatic N) is 3. The van der Waals surface area contributed by atoms with Gasteiger partial charge in [0.2, 0.25) is 0 Å². The van der Waals surface area contributed by atoms with Crippen LogP contribution in [-0.4, -0.2) is 39.9 Å². The largest absolute Gasteiger partial charge is 0.348 e. The molecule has 0 saturated carbocycles. The third-order valence-electron chi connectivity index (χ3n) is 7.04. The molecule has 1 saturated heterocycles. The number of likely N-dealkylation sites (tertiary alicyclic amines) is 1. The Balaban J connectivity index is 1.16. The highest BCUT2D eigenvalue weighted by Crippen LogP contribution is 2.31. The van der Waals surface area contributed by atoms with Crippen molar-refractivity contribution >= 4 is 40.1 Å². The minimum Gasteiger partial charge on any atom is -0.348 e.